The van der Waals surface area contributed by atoms with Crippen LogP contribution in [0.4, 0.5) is 39.8 Å². The van der Waals surface area contributed by atoms with Crippen molar-refractivity contribution >= 4 is 74.5 Å². The van der Waals surface area contributed by atoms with Crippen LogP contribution in [0, 0.1) is 0 Å². The molecule has 1 aromatic heterocycles. The second-order valence-electron chi connectivity index (χ2n) is 16.9. The monoisotopic (exact) mass is 831 g/mol. The molecule has 6 heteroatoms. The van der Waals surface area contributed by atoms with E-state index in [4.69, 9.17) is 4.42 Å². The normalized spacial score (nSPS) is 16.0. The van der Waals surface area contributed by atoms with Gasteiger partial charge in [-0.15, -0.1) is 0 Å². The van der Waals surface area contributed by atoms with E-state index >= 15 is 4.57 Å². The van der Waals surface area contributed by atoms with Crippen LogP contribution in [0.2, 0.25) is 0 Å². The first-order valence-corrected chi connectivity index (χ1v) is 23.1. The molecule has 9 aromatic carbocycles. The summed E-state index contributed by atoms with van der Waals surface area (Å²) >= 11 is 0. The van der Waals surface area contributed by atoms with Crippen molar-refractivity contribution in [3.63, 3.8) is 0 Å². The van der Waals surface area contributed by atoms with Gasteiger partial charge in [-0.2, -0.15) is 0 Å². The van der Waals surface area contributed by atoms with E-state index in [-0.39, 0.29) is 5.41 Å². The average Bonchev–Trinajstić information content (AvgIpc) is 3.93. The van der Waals surface area contributed by atoms with Gasteiger partial charge >= 0.3 is 7.44 Å². The molecule has 1 unspecified atom stereocenters. The Hall–Kier alpha value is -7.59. The van der Waals surface area contributed by atoms with Gasteiger partial charge in [0.25, 0.3) is 0 Å². The van der Waals surface area contributed by atoms with Gasteiger partial charge in [0, 0.05) is 50.2 Å². The molecule has 0 fully saturated rings. The summed E-state index contributed by atoms with van der Waals surface area (Å²) in [4.78, 5) is 2.34. The minimum absolute atomic E-state index is 0.191. The first kappa shape index (κ1) is 37.2. The van der Waals surface area contributed by atoms with Crippen molar-refractivity contribution < 1.29 is 8.98 Å². The van der Waals surface area contributed by atoms with E-state index in [0.29, 0.717) is 0 Å². The summed E-state index contributed by atoms with van der Waals surface area (Å²) in [5.41, 5.74) is 15.3. The van der Waals surface area contributed by atoms with Crippen LogP contribution in [0.1, 0.15) is 25.0 Å². The fourth-order valence-electron chi connectivity index (χ4n) is 10.0. The molecule has 2 heterocycles. The Morgan fingerprint density at radius 2 is 1.02 bits per heavy atom. The molecule has 0 radical (unpaired) electrons. The third-order valence-corrected chi connectivity index (χ3v) is 15.9. The molecule has 0 saturated heterocycles. The average molecular weight is 832 g/mol. The highest BCUT2D eigenvalue weighted by molar-refractivity contribution is 7.76. The van der Waals surface area contributed by atoms with Gasteiger partial charge in [0.05, 0.1) is 16.7 Å². The number of fused-ring (bicyclic) bond motifs is 7. The molecular formula is C57H42N3O2P. The maximum Gasteiger partial charge on any atom is 0.301 e. The predicted octanol–water partition coefficient (Wildman–Crippen LogP) is 15.8. The van der Waals surface area contributed by atoms with E-state index in [1.165, 1.54) is 22.3 Å². The molecule has 1 aliphatic heterocycles. The molecule has 10 aromatic rings. The summed E-state index contributed by atoms with van der Waals surface area (Å²) < 4.78 is 27.0. The lowest BCUT2D eigenvalue weighted by Gasteiger charge is -2.33. The number of hydrogen-bond donors (Lipinski definition) is 0. The lowest BCUT2D eigenvalue weighted by Crippen LogP contribution is -2.26. The molecule has 0 N–H and O–H groups in total. The molecule has 0 spiro atoms. The van der Waals surface area contributed by atoms with Crippen LogP contribution in [0.5, 0.6) is 0 Å². The SMILES string of the molecule is CC1(C)c2ccccc2-c2ccc(N(c3ccc(-c4cccc5c4oc4ccccc45)cc3)c3ccc4c(c3)N(c3ccccc3)P(=O)(c3ccccc3)N4c3ccccc3)cc21. The van der Waals surface area contributed by atoms with E-state index < -0.39 is 7.44 Å². The Balaban J connectivity index is 1.06. The smallest absolute Gasteiger partial charge is 0.301 e. The van der Waals surface area contributed by atoms with E-state index in [0.717, 1.165) is 78.2 Å². The minimum atomic E-state index is -3.56. The number of anilines is 7. The van der Waals surface area contributed by atoms with Crippen molar-refractivity contribution in [1.29, 1.82) is 0 Å². The van der Waals surface area contributed by atoms with Crippen molar-refractivity contribution in [3.05, 3.63) is 230 Å². The third-order valence-electron chi connectivity index (χ3n) is 13.0. The number of nitrogens with zero attached hydrogens (tertiary/aromatic N) is 3. The summed E-state index contributed by atoms with van der Waals surface area (Å²) in [5, 5.41) is 2.97. The molecule has 2 aliphatic rings. The van der Waals surface area contributed by atoms with E-state index in [9.17, 15) is 0 Å². The Morgan fingerprint density at radius 3 is 1.76 bits per heavy atom. The third kappa shape index (κ3) is 5.67. The fourth-order valence-corrected chi connectivity index (χ4v) is 13.0. The zero-order valence-corrected chi connectivity index (χ0v) is 35.8. The Kier molecular flexibility index (Phi) is 8.41. The van der Waals surface area contributed by atoms with Crippen LogP contribution in [0.25, 0.3) is 44.2 Å². The maximum atomic E-state index is 16.4. The maximum absolute atomic E-state index is 16.4. The van der Waals surface area contributed by atoms with Crippen molar-refractivity contribution in [2.45, 2.75) is 19.3 Å². The zero-order chi connectivity index (χ0) is 42.3. The van der Waals surface area contributed by atoms with Gasteiger partial charge in [0.2, 0.25) is 0 Å². The molecule has 12 rings (SSSR count). The number of furan rings is 1. The highest BCUT2D eigenvalue weighted by atomic mass is 31.2. The van der Waals surface area contributed by atoms with Gasteiger partial charge < -0.3 is 9.32 Å². The van der Waals surface area contributed by atoms with E-state index in [2.05, 4.69) is 155 Å². The lowest BCUT2D eigenvalue weighted by molar-refractivity contribution is 0.582. The van der Waals surface area contributed by atoms with Crippen molar-refractivity contribution in [1.82, 2.24) is 0 Å². The molecule has 1 aliphatic carbocycles. The molecule has 63 heavy (non-hydrogen) atoms. The minimum Gasteiger partial charge on any atom is -0.455 e. The summed E-state index contributed by atoms with van der Waals surface area (Å²) in [5.74, 6) is 0. The first-order chi connectivity index (χ1) is 30.9. The molecule has 0 bridgehead atoms. The van der Waals surface area contributed by atoms with Crippen LogP contribution >= 0.6 is 7.44 Å². The van der Waals surface area contributed by atoms with Gasteiger partial charge in [-0.1, -0.05) is 147 Å². The first-order valence-electron chi connectivity index (χ1n) is 21.5. The summed E-state index contributed by atoms with van der Waals surface area (Å²) in [6, 6.07) is 75.8. The van der Waals surface area contributed by atoms with Gasteiger partial charge in [-0.05, 0) is 113 Å². The van der Waals surface area contributed by atoms with Gasteiger partial charge in [0.1, 0.15) is 11.2 Å². The predicted molar refractivity (Wildman–Crippen MR) is 262 cm³/mol. The van der Waals surface area contributed by atoms with E-state index in [1.54, 1.807) is 0 Å². The second-order valence-corrected chi connectivity index (χ2v) is 19.3. The van der Waals surface area contributed by atoms with E-state index in [1.807, 2.05) is 91.0 Å². The molecule has 1 atom stereocenters. The number of hydrogen-bond acceptors (Lipinski definition) is 3. The van der Waals surface area contributed by atoms with Crippen LogP contribution < -0.4 is 19.5 Å². The second kappa shape index (κ2) is 14.2. The van der Waals surface area contributed by atoms with Crippen LogP contribution in [-0.4, -0.2) is 0 Å². The topological polar surface area (TPSA) is 39.9 Å². The molecular weight excluding hydrogens is 790 g/mol. The summed E-state index contributed by atoms with van der Waals surface area (Å²) in [6.07, 6.45) is 0. The number of rotatable bonds is 7. The Morgan fingerprint density at radius 1 is 0.460 bits per heavy atom. The van der Waals surface area contributed by atoms with Crippen molar-refractivity contribution in [3.8, 4) is 22.3 Å². The molecule has 5 nitrogen and oxygen atoms in total. The molecule has 302 valence electrons. The number of para-hydroxylation sites is 4. The zero-order valence-electron chi connectivity index (χ0n) is 34.9. The number of benzene rings is 9. The van der Waals surface area contributed by atoms with Crippen LogP contribution in [0.15, 0.2) is 223 Å². The van der Waals surface area contributed by atoms with Gasteiger partial charge in [0.15, 0.2) is 0 Å². The van der Waals surface area contributed by atoms with Gasteiger partial charge in [-0.25, -0.2) is 0 Å². The summed E-state index contributed by atoms with van der Waals surface area (Å²) in [6.45, 7) is 4.65. The molecule has 0 amide bonds. The summed E-state index contributed by atoms with van der Waals surface area (Å²) in [7, 11) is -3.56. The lowest BCUT2D eigenvalue weighted by atomic mass is 9.82. The Bertz CT molecular complexity index is 3420. The highest BCUT2D eigenvalue weighted by Crippen LogP contribution is 2.70. The fraction of sp³-hybridized carbons (Fsp3) is 0.0526. The highest BCUT2D eigenvalue weighted by Gasteiger charge is 2.49. The largest absolute Gasteiger partial charge is 0.455 e. The quantitative estimate of drug-likeness (QED) is 0.150. The standard InChI is InChI=1S/C57H42N3O2P/c1-57(2)51-27-14-12-23-47(51)48-35-33-43(37-52(48)57)58(40-31-29-39(30-32-40)46-25-16-26-50-49-24-13-15-28-55(49)62-56(46)50)44-34-36-53-54(38-44)60(42-19-8-4-9-20-42)63(61,45-21-10-5-11-22-45)59(53)41-17-6-3-7-18-41/h3-38H,1-2H3. The Labute approximate surface area is 367 Å². The van der Waals surface area contributed by atoms with Crippen LogP contribution in [-0.2, 0) is 9.98 Å². The van der Waals surface area contributed by atoms with Crippen molar-refractivity contribution in [2.24, 2.45) is 0 Å². The van der Waals surface area contributed by atoms with Gasteiger partial charge in [-0.3, -0.25) is 13.9 Å². The van der Waals surface area contributed by atoms with Crippen LogP contribution in [0.3, 0.4) is 0 Å². The molecule has 0 saturated carbocycles. The van der Waals surface area contributed by atoms with Crippen molar-refractivity contribution in [2.75, 3.05) is 14.2 Å².